The van der Waals surface area contributed by atoms with Crippen molar-refractivity contribution in [3.63, 3.8) is 0 Å². The number of carbonyl (C=O) groups excluding carboxylic acids is 1. The van der Waals surface area contributed by atoms with Gasteiger partial charge in [-0.1, -0.05) is 24.3 Å². The second-order valence-electron chi connectivity index (χ2n) is 7.96. The van der Waals surface area contributed by atoms with Crippen LogP contribution < -0.4 is 10.1 Å². The lowest BCUT2D eigenvalue weighted by Gasteiger charge is -2.18. The molecule has 1 aromatic heterocycles. The quantitative estimate of drug-likeness (QED) is 0.693. The van der Waals surface area contributed by atoms with Gasteiger partial charge in [0, 0.05) is 18.1 Å². The van der Waals surface area contributed by atoms with E-state index in [1.807, 2.05) is 0 Å². The standard InChI is InChI=1S/C22H22F2N2O4S/c1-31(28,29)12-10-18(14-7-8-14)25-20(27)17-13-15-9-11-22(23,24)19(15)26-21(17)30-16-5-3-2-4-6-16/h2-6,10,12-14,18H,7-9,11H2,1H3,(H,25,27)/b12-10+. The van der Waals surface area contributed by atoms with Crippen molar-refractivity contribution in [3.8, 4) is 11.6 Å². The molecule has 31 heavy (non-hydrogen) atoms. The van der Waals surface area contributed by atoms with Crippen molar-refractivity contribution in [2.75, 3.05) is 6.26 Å². The molecule has 2 aromatic rings. The first kappa shape index (κ1) is 21.4. The monoisotopic (exact) mass is 448 g/mol. The summed E-state index contributed by atoms with van der Waals surface area (Å²) in [5, 5.41) is 3.88. The van der Waals surface area contributed by atoms with Crippen LogP contribution in [0.15, 0.2) is 47.9 Å². The summed E-state index contributed by atoms with van der Waals surface area (Å²) in [6.45, 7) is 0. The summed E-state index contributed by atoms with van der Waals surface area (Å²) in [4.78, 5) is 17.1. The molecule has 2 aliphatic carbocycles. The van der Waals surface area contributed by atoms with Gasteiger partial charge in [0.2, 0.25) is 5.88 Å². The predicted molar refractivity (Wildman–Crippen MR) is 111 cm³/mol. The number of alkyl halides is 2. The van der Waals surface area contributed by atoms with Gasteiger partial charge in [-0.2, -0.15) is 8.78 Å². The Morgan fingerprint density at radius 2 is 2.00 bits per heavy atom. The highest BCUT2D eigenvalue weighted by Crippen LogP contribution is 2.42. The fraction of sp³-hybridized carbons (Fsp3) is 0.364. The zero-order chi connectivity index (χ0) is 22.2. The molecule has 1 aromatic carbocycles. The van der Waals surface area contributed by atoms with E-state index < -0.39 is 27.7 Å². The average Bonchev–Trinajstić information content (AvgIpc) is 3.50. The number of aryl methyl sites for hydroxylation is 1. The summed E-state index contributed by atoms with van der Waals surface area (Å²) in [6.07, 6.45) is 4.00. The molecule has 2 aliphatic rings. The molecule has 1 unspecified atom stereocenters. The number of halogens is 2. The molecule has 0 bridgehead atoms. The van der Waals surface area contributed by atoms with E-state index in [1.165, 1.54) is 12.1 Å². The summed E-state index contributed by atoms with van der Waals surface area (Å²) in [7, 11) is -3.35. The summed E-state index contributed by atoms with van der Waals surface area (Å²) in [5.41, 5.74) is -0.0189. The first-order valence-electron chi connectivity index (χ1n) is 9.97. The van der Waals surface area contributed by atoms with E-state index in [0.717, 1.165) is 24.5 Å². The van der Waals surface area contributed by atoms with Gasteiger partial charge >= 0.3 is 0 Å². The highest BCUT2D eigenvalue weighted by atomic mass is 32.2. The third kappa shape index (κ3) is 5.10. The molecule has 1 fully saturated rings. The number of fused-ring (bicyclic) bond motifs is 1. The number of aromatic nitrogens is 1. The average molecular weight is 448 g/mol. The highest BCUT2D eigenvalue weighted by Gasteiger charge is 2.42. The van der Waals surface area contributed by atoms with Crippen molar-refractivity contribution in [2.45, 2.75) is 37.6 Å². The Balaban J connectivity index is 1.67. The van der Waals surface area contributed by atoms with Crippen LogP contribution >= 0.6 is 0 Å². The highest BCUT2D eigenvalue weighted by molar-refractivity contribution is 7.93. The first-order valence-corrected chi connectivity index (χ1v) is 11.9. The number of benzene rings is 1. The number of hydrogen-bond donors (Lipinski definition) is 1. The van der Waals surface area contributed by atoms with E-state index in [4.69, 9.17) is 4.74 Å². The van der Waals surface area contributed by atoms with E-state index in [0.29, 0.717) is 11.3 Å². The molecule has 1 amide bonds. The maximum Gasteiger partial charge on any atom is 0.290 e. The molecule has 4 rings (SSSR count). The van der Waals surface area contributed by atoms with Crippen LogP contribution in [0.1, 0.15) is 40.9 Å². The molecule has 164 valence electrons. The number of amides is 1. The lowest BCUT2D eigenvalue weighted by Crippen LogP contribution is -2.35. The second-order valence-corrected chi connectivity index (χ2v) is 9.89. The lowest BCUT2D eigenvalue weighted by atomic mass is 10.1. The van der Waals surface area contributed by atoms with E-state index in [1.54, 1.807) is 30.3 Å². The molecule has 0 saturated heterocycles. The van der Waals surface area contributed by atoms with Crippen LogP contribution in [0.5, 0.6) is 11.6 Å². The molecule has 1 atom stereocenters. The molecule has 0 radical (unpaired) electrons. The van der Waals surface area contributed by atoms with Crippen molar-refractivity contribution in [3.05, 3.63) is 64.7 Å². The van der Waals surface area contributed by atoms with Crippen molar-refractivity contribution < 1.29 is 26.7 Å². The van der Waals surface area contributed by atoms with Gasteiger partial charge in [0.25, 0.3) is 11.8 Å². The van der Waals surface area contributed by atoms with Crippen molar-refractivity contribution in [1.29, 1.82) is 0 Å². The zero-order valence-corrected chi connectivity index (χ0v) is 17.7. The molecule has 1 heterocycles. The van der Waals surface area contributed by atoms with Crippen LogP contribution in [0.4, 0.5) is 8.78 Å². The molecular weight excluding hydrogens is 426 g/mol. The van der Waals surface area contributed by atoms with Gasteiger partial charge in [-0.3, -0.25) is 4.79 Å². The Morgan fingerprint density at radius 1 is 1.29 bits per heavy atom. The Hall–Kier alpha value is -2.81. The van der Waals surface area contributed by atoms with Gasteiger partial charge in [-0.25, -0.2) is 13.4 Å². The van der Waals surface area contributed by atoms with Gasteiger partial charge in [-0.05, 0) is 48.9 Å². The number of sulfone groups is 1. The Labute approximate surface area is 179 Å². The topological polar surface area (TPSA) is 85.4 Å². The minimum Gasteiger partial charge on any atom is -0.438 e. The third-order valence-corrected chi connectivity index (χ3v) is 5.94. The summed E-state index contributed by atoms with van der Waals surface area (Å²) in [6, 6.07) is 9.40. The number of nitrogens with zero attached hydrogens (tertiary/aromatic N) is 1. The van der Waals surface area contributed by atoms with Crippen molar-refractivity contribution in [2.24, 2.45) is 5.92 Å². The number of nitrogens with one attached hydrogen (secondary N) is 1. The number of pyridine rings is 1. The van der Waals surface area contributed by atoms with Crippen LogP contribution in [-0.4, -0.2) is 31.6 Å². The number of carbonyl (C=O) groups is 1. The van der Waals surface area contributed by atoms with Crippen LogP contribution in [-0.2, 0) is 22.2 Å². The predicted octanol–water partition coefficient (Wildman–Crippen LogP) is 3.98. The Morgan fingerprint density at radius 3 is 2.65 bits per heavy atom. The summed E-state index contributed by atoms with van der Waals surface area (Å²) >= 11 is 0. The molecule has 1 saturated carbocycles. The number of rotatable bonds is 7. The van der Waals surface area contributed by atoms with Gasteiger partial charge in [-0.15, -0.1) is 0 Å². The van der Waals surface area contributed by atoms with Crippen molar-refractivity contribution in [1.82, 2.24) is 10.3 Å². The van der Waals surface area contributed by atoms with Crippen LogP contribution in [0, 0.1) is 5.92 Å². The SMILES string of the molecule is CS(=O)(=O)/C=C/C(NC(=O)c1cc2c(nc1Oc1ccccc1)C(F)(F)CC2)C1CC1. The van der Waals surface area contributed by atoms with Crippen LogP contribution in [0.3, 0.4) is 0 Å². The fourth-order valence-corrected chi connectivity index (χ4v) is 3.99. The summed E-state index contributed by atoms with van der Waals surface area (Å²) < 4.78 is 57.1. The van der Waals surface area contributed by atoms with E-state index in [2.05, 4.69) is 10.3 Å². The van der Waals surface area contributed by atoms with Crippen LogP contribution in [0.2, 0.25) is 0 Å². The largest absolute Gasteiger partial charge is 0.438 e. The molecule has 0 aliphatic heterocycles. The minimum absolute atomic E-state index is 0.0405. The van der Waals surface area contributed by atoms with E-state index >= 15 is 0 Å². The molecule has 1 N–H and O–H groups in total. The third-order valence-electron chi connectivity index (χ3n) is 5.28. The van der Waals surface area contributed by atoms with Crippen molar-refractivity contribution >= 4 is 15.7 Å². The lowest BCUT2D eigenvalue weighted by molar-refractivity contribution is -0.00630. The normalized spacial score (nSPS) is 18.5. The molecule has 6 nitrogen and oxygen atoms in total. The van der Waals surface area contributed by atoms with Gasteiger partial charge < -0.3 is 10.1 Å². The zero-order valence-electron chi connectivity index (χ0n) is 16.8. The minimum atomic E-state index is -3.35. The fourth-order valence-electron chi connectivity index (χ4n) is 3.53. The van der Waals surface area contributed by atoms with E-state index in [-0.39, 0.29) is 35.9 Å². The summed E-state index contributed by atoms with van der Waals surface area (Å²) in [5.74, 6) is -3.33. The number of ether oxygens (including phenoxy) is 1. The smallest absolute Gasteiger partial charge is 0.290 e. The molecular formula is C22H22F2N2O4S. The van der Waals surface area contributed by atoms with E-state index in [9.17, 15) is 22.0 Å². The Bertz CT molecular complexity index is 1130. The second kappa shape index (κ2) is 8.03. The maximum absolute atomic E-state index is 14.2. The molecule has 0 spiro atoms. The number of para-hydroxylation sites is 1. The molecule has 9 heteroatoms. The number of hydrogen-bond acceptors (Lipinski definition) is 5. The van der Waals surface area contributed by atoms with Crippen LogP contribution in [0.25, 0.3) is 0 Å². The first-order chi connectivity index (χ1) is 14.6. The Kier molecular flexibility index (Phi) is 5.55. The van der Waals surface area contributed by atoms with Gasteiger partial charge in [0.05, 0.1) is 6.04 Å². The van der Waals surface area contributed by atoms with Gasteiger partial charge in [0.1, 0.15) is 17.0 Å². The van der Waals surface area contributed by atoms with Gasteiger partial charge in [0.15, 0.2) is 9.84 Å². The maximum atomic E-state index is 14.2.